The number of nitrogens with zero attached hydrogens (tertiary/aromatic N) is 6. The van der Waals surface area contributed by atoms with Gasteiger partial charge in [0.05, 0.1) is 44.8 Å². The summed E-state index contributed by atoms with van der Waals surface area (Å²) in [6.45, 7) is 0. The van der Waals surface area contributed by atoms with Crippen LogP contribution in [-0.2, 0) is 0 Å². The maximum atomic E-state index is 5.17. The van der Waals surface area contributed by atoms with Crippen molar-refractivity contribution in [1.29, 1.82) is 0 Å². The lowest BCUT2D eigenvalue weighted by Crippen LogP contribution is -1.99. The van der Waals surface area contributed by atoms with Gasteiger partial charge in [-0.3, -0.25) is 19.1 Å². The Balaban J connectivity index is 1.03. The molecule has 0 radical (unpaired) electrons. The fourth-order valence-corrected chi connectivity index (χ4v) is 7.22. The fourth-order valence-electron chi connectivity index (χ4n) is 7.22. The number of hydrogen-bond acceptors (Lipinski definition) is 4. The number of para-hydroxylation sites is 4. The van der Waals surface area contributed by atoms with Crippen LogP contribution in [0.4, 0.5) is 0 Å². The summed E-state index contributed by atoms with van der Waals surface area (Å²) >= 11 is 0. The normalized spacial score (nSPS) is 11.6. The van der Waals surface area contributed by atoms with Gasteiger partial charge < -0.3 is 0 Å². The van der Waals surface area contributed by atoms with E-state index in [0.29, 0.717) is 0 Å². The van der Waals surface area contributed by atoms with Gasteiger partial charge in [-0.25, -0.2) is 9.97 Å². The molecule has 0 spiro atoms. The summed E-state index contributed by atoms with van der Waals surface area (Å²) in [5.74, 6) is 1.74. The third-order valence-corrected chi connectivity index (χ3v) is 9.46. The number of rotatable bonds is 5. The van der Waals surface area contributed by atoms with Crippen molar-refractivity contribution in [3.63, 3.8) is 0 Å². The maximum absolute atomic E-state index is 5.17. The summed E-state index contributed by atoms with van der Waals surface area (Å²) in [6, 6.07) is 54.4. The Labute approximate surface area is 287 Å². The van der Waals surface area contributed by atoms with Crippen LogP contribution < -0.4 is 0 Å². The molecule has 0 bridgehead atoms. The zero-order chi connectivity index (χ0) is 33.0. The number of benzene rings is 4. The molecule has 6 nitrogen and oxygen atoms in total. The minimum atomic E-state index is 0.770. The van der Waals surface area contributed by atoms with Crippen LogP contribution in [0.1, 0.15) is 0 Å². The molecular formula is C44H28N6. The van der Waals surface area contributed by atoms with E-state index >= 15 is 0 Å². The average Bonchev–Trinajstić information content (AvgIpc) is 3.71. The lowest BCUT2D eigenvalue weighted by molar-refractivity contribution is 1.08. The molecule has 6 aromatic heterocycles. The van der Waals surface area contributed by atoms with E-state index in [1.165, 1.54) is 21.5 Å². The lowest BCUT2D eigenvalue weighted by atomic mass is 10.1. The van der Waals surface area contributed by atoms with Crippen LogP contribution in [0.15, 0.2) is 170 Å². The van der Waals surface area contributed by atoms with Crippen LogP contribution in [0.25, 0.3) is 89.2 Å². The van der Waals surface area contributed by atoms with E-state index in [1.54, 1.807) is 0 Å². The van der Waals surface area contributed by atoms with Crippen molar-refractivity contribution < 1.29 is 0 Å². The predicted octanol–water partition coefficient (Wildman–Crippen LogP) is 10.5. The van der Waals surface area contributed by atoms with Crippen LogP contribution >= 0.6 is 0 Å². The number of hydrogen-bond donors (Lipinski definition) is 0. The molecule has 10 rings (SSSR count). The second-order valence-electron chi connectivity index (χ2n) is 12.4. The van der Waals surface area contributed by atoms with Crippen molar-refractivity contribution >= 4 is 43.6 Å². The van der Waals surface area contributed by atoms with Gasteiger partial charge in [-0.2, -0.15) is 0 Å². The molecule has 10 aromatic rings. The molecule has 0 aliphatic rings. The van der Waals surface area contributed by atoms with Gasteiger partial charge in [0, 0.05) is 45.1 Å². The van der Waals surface area contributed by atoms with Crippen molar-refractivity contribution in [2.75, 3.05) is 0 Å². The molecule has 0 amide bonds. The first kappa shape index (κ1) is 28.1. The molecule has 0 atom stereocenters. The van der Waals surface area contributed by atoms with Gasteiger partial charge in [0.15, 0.2) is 0 Å². The van der Waals surface area contributed by atoms with Gasteiger partial charge in [-0.15, -0.1) is 0 Å². The molecule has 6 heterocycles. The minimum Gasteiger partial charge on any atom is -0.294 e. The van der Waals surface area contributed by atoms with E-state index in [4.69, 9.17) is 19.9 Å². The molecule has 0 saturated carbocycles. The summed E-state index contributed by atoms with van der Waals surface area (Å²) in [6.07, 6.45) is 3.66. The molecule has 0 unspecified atom stereocenters. The number of pyridine rings is 4. The van der Waals surface area contributed by atoms with Gasteiger partial charge in [-0.05, 0) is 72.8 Å². The third-order valence-electron chi connectivity index (χ3n) is 9.46. The van der Waals surface area contributed by atoms with Crippen LogP contribution in [0, 0.1) is 0 Å². The van der Waals surface area contributed by atoms with Crippen molar-refractivity contribution in [1.82, 2.24) is 29.1 Å². The highest BCUT2D eigenvalue weighted by molar-refractivity contribution is 6.10. The molecule has 4 aromatic carbocycles. The van der Waals surface area contributed by atoms with Crippen molar-refractivity contribution in [2.45, 2.75) is 0 Å². The van der Waals surface area contributed by atoms with Crippen molar-refractivity contribution in [2.24, 2.45) is 0 Å². The highest BCUT2D eigenvalue weighted by Crippen LogP contribution is 2.34. The lowest BCUT2D eigenvalue weighted by Gasteiger charge is -2.11. The number of fused-ring (bicyclic) bond motifs is 6. The SMILES string of the molecule is c1cc(-c2ccnc(-c3cc(-c4cccc(-n5c6ccccc6c6ccccc65)n4)ccn3)c2)nc(-n2c3ccccc3c3ccccc32)c1. The smallest absolute Gasteiger partial charge is 0.138 e. The van der Waals surface area contributed by atoms with Crippen LogP contribution in [0.5, 0.6) is 0 Å². The summed E-state index contributed by atoms with van der Waals surface area (Å²) in [7, 11) is 0. The molecule has 0 N–H and O–H groups in total. The summed E-state index contributed by atoms with van der Waals surface area (Å²) in [5, 5.41) is 4.84. The Kier molecular flexibility index (Phi) is 6.39. The fraction of sp³-hybridized carbons (Fsp3) is 0. The Bertz CT molecular complexity index is 2590. The summed E-state index contributed by atoms with van der Waals surface area (Å²) in [5.41, 5.74) is 9.73. The minimum absolute atomic E-state index is 0.770. The van der Waals surface area contributed by atoms with E-state index in [2.05, 4.69) is 143 Å². The third kappa shape index (κ3) is 4.50. The van der Waals surface area contributed by atoms with Gasteiger partial charge in [-0.1, -0.05) is 84.9 Å². The first-order chi connectivity index (χ1) is 24.8. The van der Waals surface area contributed by atoms with E-state index < -0.39 is 0 Å². The second kappa shape index (κ2) is 11.4. The standard InChI is InChI=1S/C44H28N6/c1-5-17-39-31(11-1)32-12-2-6-18-40(32)49(39)43-21-9-15-35(47-43)29-23-25-45-37(27-29)38-28-30(24-26-46-38)36-16-10-22-44(48-36)50-41-19-7-3-13-33(41)34-14-4-8-20-42(34)50/h1-28H. The molecule has 0 fully saturated rings. The quantitative estimate of drug-likeness (QED) is 0.188. The molecule has 0 saturated heterocycles. The maximum Gasteiger partial charge on any atom is 0.138 e. The van der Waals surface area contributed by atoms with Crippen molar-refractivity contribution in [3.05, 3.63) is 170 Å². The Morgan fingerprint density at radius 1 is 0.320 bits per heavy atom. The monoisotopic (exact) mass is 640 g/mol. The molecular weight excluding hydrogens is 613 g/mol. The molecule has 0 aliphatic heterocycles. The number of aromatic nitrogens is 6. The largest absolute Gasteiger partial charge is 0.294 e. The molecule has 50 heavy (non-hydrogen) atoms. The average molecular weight is 641 g/mol. The Morgan fingerprint density at radius 3 is 1.06 bits per heavy atom. The first-order valence-electron chi connectivity index (χ1n) is 16.6. The van der Waals surface area contributed by atoms with E-state index in [-0.39, 0.29) is 0 Å². The van der Waals surface area contributed by atoms with Gasteiger partial charge >= 0.3 is 0 Å². The second-order valence-corrected chi connectivity index (χ2v) is 12.4. The topological polar surface area (TPSA) is 61.4 Å². The predicted molar refractivity (Wildman–Crippen MR) is 203 cm³/mol. The van der Waals surface area contributed by atoms with Gasteiger partial charge in [0.2, 0.25) is 0 Å². The Morgan fingerprint density at radius 2 is 0.680 bits per heavy atom. The summed E-state index contributed by atoms with van der Waals surface area (Å²) < 4.78 is 4.48. The van der Waals surface area contributed by atoms with Crippen LogP contribution in [-0.4, -0.2) is 29.1 Å². The molecule has 234 valence electrons. The highest BCUT2D eigenvalue weighted by atomic mass is 15.1. The Hall–Kier alpha value is -6.92. The van der Waals surface area contributed by atoms with Crippen LogP contribution in [0.3, 0.4) is 0 Å². The van der Waals surface area contributed by atoms with E-state index in [0.717, 1.165) is 67.6 Å². The summed E-state index contributed by atoms with van der Waals surface area (Å²) in [4.78, 5) is 19.8. The van der Waals surface area contributed by atoms with E-state index in [9.17, 15) is 0 Å². The van der Waals surface area contributed by atoms with Crippen LogP contribution in [0.2, 0.25) is 0 Å². The first-order valence-corrected chi connectivity index (χ1v) is 16.6. The van der Waals surface area contributed by atoms with Crippen molar-refractivity contribution in [3.8, 4) is 45.5 Å². The highest BCUT2D eigenvalue weighted by Gasteiger charge is 2.15. The van der Waals surface area contributed by atoms with E-state index in [1.807, 2.05) is 36.7 Å². The van der Waals surface area contributed by atoms with Gasteiger partial charge in [0.1, 0.15) is 11.6 Å². The molecule has 6 heteroatoms. The zero-order valence-corrected chi connectivity index (χ0v) is 26.8. The zero-order valence-electron chi connectivity index (χ0n) is 26.8. The van der Waals surface area contributed by atoms with Gasteiger partial charge in [0.25, 0.3) is 0 Å². The molecule has 0 aliphatic carbocycles.